The van der Waals surface area contributed by atoms with Crippen LogP contribution in [0.2, 0.25) is 0 Å². The Bertz CT molecular complexity index is 691. The van der Waals surface area contributed by atoms with Gasteiger partial charge < -0.3 is 10.2 Å². The van der Waals surface area contributed by atoms with E-state index >= 15 is 0 Å². The normalized spacial score (nSPS) is 10.5. The summed E-state index contributed by atoms with van der Waals surface area (Å²) in [6.07, 6.45) is 3.59. The van der Waals surface area contributed by atoms with Gasteiger partial charge in [-0.3, -0.25) is 9.78 Å². The van der Waals surface area contributed by atoms with E-state index in [4.69, 9.17) is 0 Å². The van der Waals surface area contributed by atoms with Gasteiger partial charge in [-0.25, -0.2) is 0 Å². The molecule has 0 saturated heterocycles. The first-order chi connectivity index (χ1) is 11.6. The first-order valence-corrected chi connectivity index (χ1v) is 8.65. The van der Waals surface area contributed by atoms with Gasteiger partial charge in [-0.2, -0.15) is 0 Å². The fourth-order valence-corrected chi connectivity index (χ4v) is 2.68. The minimum absolute atomic E-state index is 0.00307. The number of carbonyl (C=O) groups excluding carboxylic acids is 1. The van der Waals surface area contributed by atoms with Crippen LogP contribution < -0.4 is 5.32 Å². The number of anilines is 2. The molecular formula is C20H27N3O. The summed E-state index contributed by atoms with van der Waals surface area (Å²) in [5.74, 6) is 0.00307. The standard InChI is InChI=1S/C20H27N3O/c1-5-12-23(13-6-2)20(24)19-14-17(10-11-21-19)22-18-9-7-8-15(3)16(18)4/h7-11,14H,5-6,12-13H2,1-4H3,(H,21,22). The highest BCUT2D eigenvalue weighted by Crippen LogP contribution is 2.23. The summed E-state index contributed by atoms with van der Waals surface area (Å²) in [6, 6.07) is 9.90. The smallest absolute Gasteiger partial charge is 0.272 e. The summed E-state index contributed by atoms with van der Waals surface area (Å²) in [5.41, 5.74) is 4.88. The van der Waals surface area contributed by atoms with Gasteiger partial charge in [-0.05, 0) is 56.0 Å². The van der Waals surface area contributed by atoms with E-state index in [1.54, 1.807) is 6.20 Å². The molecule has 24 heavy (non-hydrogen) atoms. The van der Waals surface area contributed by atoms with Crippen molar-refractivity contribution in [1.29, 1.82) is 0 Å². The monoisotopic (exact) mass is 325 g/mol. The Hall–Kier alpha value is -2.36. The van der Waals surface area contributed by atoms with Crippen molar-refractivity contribution in [3.05, 3.63) is 53.3 Å². The van der Waals surface area contributed by atoms with Gasteiger partial charge in [0.15, 0.2) is 0 Å². The van der Waals surface area contributed by atoms with Crippen molar-refractivity contribution in [2.24, 2.45) is 0 Å². The zero-order chi connectivity index (χ0) is 17.5. The Kier molecular flexibility index (Phi) is 6.36. The molecule has 1 aromatic heterocycles. The third-order valence-electron chi connectivity index (χ3n) is 4.14. The molecule has 128 valence electrons. The molecule has 0 atom stereocenters. The van der Waals surface area contributed by atoms with Crippen LogP contribution >= 0.6 is 0 Å². The van der Waals surface area contributed by atoms with Gasteiger partial charge in [0.1, 0.15) is 5.69 Å². The van der Waals surface area contributed by atoms with E-state index in [1.807, 2.05) is 29.2 Å². The van der Waals surface area contributed by atoms with Crippen LogP contribution in [0.5, 0.6) is 0 Å². The molecule has 4 nitrogen and oxygen atoms in total. The molecular weight excluding hydrogens is 298 g/mol. The molecule has 2 rings (SSSR count). The topological polar surface area (TPSA) is 45.2 Å². The highest BCUT2D eigenvalue weighted by atomic mass is 16.2. The number of amides is 1. The lowest BCUT2D eigenvalue weighted by molar-refractivity contribution is 0.0749. The van der Waals surface area contributed by atoms with Crippen LogP contribution in [-0.4, -0.2) is 28.9 Å². The molecule has 0 aliphatic rings. The molecule has 0 aliphatic heterocycles. The third kappa shape index (κ3) is 4.34. The Labute approximate surface area is 144 Å². The van der Waals surface area contributed by atoms with Crippen LogP contribution in [0.25, 0.3) is 0 Å². The number of benzene rings is 1. The molecule has 1 aromatic carbocycles. The highest BCUT2D eigenvalue weighted by molar-refractivity contribution is 5.93. The molecule has 0 bridgehead atoms. The highest BCUT2D eigenvalue weighted by Gasteiger charge is 2.16. The quantitative estimate of drug-likeness (QED) is 0.802. The van der Waals surface area contributed by atoms with Crippen molar-refractivity contribution in [2.75, 3.05) is 18.4 Å². The predicted molar refractivity (Wildman–Crippen MR) is 99.9 cm³/mol. The maximum atomic E-state index is 12.7. The van der Waals surface area contributed by atoms with Crippen LogP contribution in [0.1, 0.15) is 48.3 Å². The van der Waals surface area contributed by atoms with Gasteiger partial charge in [-0.1, -0.05) is 26.0 Å². The lowest BCUT2D eigenvalue weighted by Gasteiger charge is -2.21. The number of nitrogens with zero attached hydrogens (tertiary/aromatic N) is 2. The number of carbonyl (C=O) groups is 1. The van der Waals surface area contributed by atoms with E-state index < -0.39 is 0 Å². The van der Waals surface area contributed by atoms with E-state index in [0.717, 1.165) is 37.3 Å². The van der Waals surface area contributed by atoms with Crippen molar-refractivity contribution in [3.63, 3.8) is 0 Å². The van der Waals surface area contributed by atoms with E-state index in [-0.39, 0.29) is 5.91 Å². The molecule has 4 heteroatoms. The van der Waals surface area contributed by atoms with Crippen molar-refractivity contribution >= 4 is 17.3 Å². The Morgan fingerprint density at radius 3 is 2.50 bits per heavy atom. The molecule has 2 aromatic rings. The van der Waals surface area contributed by atoms with E-state index in [0.29, 0.717) is 5.69 Å². The van der Waals surface area contributed by atoms with Crippen LogP contribution in [0.3, 0.4) is 0 Å². The van der Waals surface area contributed by atoms with Gasteiger partial charge >= 0.3 is 0 Å². The number of nitrogens with one attached hydrogen (secondary N) is 1. The maximum absolute atomic E-state index is 12.7. The second-order valence-electron chi connectivity index (χ2n) is 6.09. The molecule has 0 saturated carbocycles. The van der Waals surface area contributed by atoms with Gasteiger partial charge in [0.25, 0.3) is 5.91 Å². The van der Waals surface area contributed by atoms with Gasteiger partial charge in [0, 0.05) is 30.7 Å². The van der Waals surface area contributed by atoms with Gasteiger partial charge in [-0.15, -0.1) is 0 Å². The zero-order valence-electron chi connectivity index (χ0n) is 15.1. The Balaban J connectivity index is 2.22. The SMILES string of the molecule is CCCN(CCC)C(=O)c1cc(Nc2cccc(C)c2C)ccn1. The van der Waals surface area contributed by atoms with E-state index in [2.05, 4.69) is 44.1 Å². The minimum atomic E-state index is 0.00307. The Morgan fingerprint density at radius 1 is 1.12 bits per heavy atom. The van der Waals surface area contributed by atoms with Crippen LogP contribution in [-0.2, 0) is 0 Å². The molecule has 0 fully saturated rings. The fourth-order valence-electron chi connectivity index (χ4n) is 2.68. The van der Waals surface area contributed by atoms with Gasteiger partial charge in [0.2, 0.25) is 0 Å². The van der Waals surface area contributed by atoms with Crippen molar-refractivity contribution < 1.29 is 4.79 Å². The summed E-state index contributed by atoms with van der Waals surface area (Å²) < 4.78 is 0. The van der Waals surface area contributed by atoms with E-state index in [9.17, 15) is 4.79 Å². The number of aromatic nitrogens is 1. The average molecular weight is 325 g/mol. The number of rotatable bonds is 7. The summed E-state index contributed by atoms with van der Waals surface area (Å²) in [6.45, 7) is 9.89. The summed E-state index contributed by atoms with van der Waals surface area (Å²) >= 11 is 0. The third-order valence-corrected chi connectivity index (χ3v) is 4.14. The first-order valence-electron chi connectivity index (χ1n) is 8.65. The summed E-state index contributed by atoms with van der Waals surface area (Å²) in [7, 11) is 0. The molecule has 0 radical (unpaired) electrons. The van der Waals surface area contributed by atoms with Crippen LogP contribution in [0, 0.1) is 13.8 Å². The lowest BCUT2D eigenvalue weighted by atomic mass is 10.1. The van der Waals surface area contributed by atoms with Crippen LogP contribution in [0.15, 0.2) is 36.5 Å². The van der Waals surface area contributed by atoms with Crippen molar-refractivity contribution in [2.45, 2.75) is 40.5 Å². The molecule has 1 amide bonds. The van der Waals surface area contributed by atoms with E-state index in [1.165, 1.54) is 11.1 Å². The average Bonchev–Trinajstić information content (AvgIpc) is 2.58. The summed E-state index contributed by atoms with van der Waals surface area (Å²) in [5, 5.41) is 3.40. The minimum Gasteiger partial charge on any atom is -0.355 e. The number of hydrogen-bond acceptors (Lipinski definition) is 3. The summed E-state index contributed by atoms with van der Waals surface area (Å²) in [4.78, 5) is 18.8. The molecule has 1 heterocycles. The Morgan fingerprint density at radius 2 is 1.83 bits per heavy atom. The van der Waals surface area contributed by atoms with Crippen LogP contribution in [0.4, 0.5) is 11.4 Å². The van der Waals surface area contributed by atoms with Crippen molar-refractivity contribution in [3.8, 4) is 0 Å². The molecule has 0 unspecified atom stereocenters. The fraction of sp³-hybridized carbons (Fsp3) is 0.400. The number of pyridine rings is 1. The predicted octanol–water partition coefficient (Wildman–Crippen LogP) is 4.70. The second kappa shape index (κ2) is 8.48. The molecule has 1 N–H and O–H groups in total. The maximum Gasteiger partial charge on any atom is 0.272 e. The zero-order valence-corrected chi connectivity index (χ0v) is 15.1. The second-order valence-corrected chi connectivity index (χ2v) is 6.09. The molecule has 0 aliphatic carbocycles. The first kappa shape index (κ1) is 18.0. The number of aryl methyl sites for hydroxylation is 1. The lowest BCUT2D eigenvalue weighted by Crippen LogP contribution is -2.33. The molecule has 0 spiro atoms. The number of hydrogen-bond donors (Lipinski definition) is 1. The largest absolute Gasteiger partial charge is 0.355 e. The van der Waals surface area contributed by atoms with Gasteiger partial charge in [0.05, 0.1) is 0 Å². The van der Waals surface area contributed by atoms with Crippen molar-refractivity contribution in [1.82, 2.24) is 9.88 Å².